The average Bonchev–Trinajstić information content (AvgIpc) is 2.92. The van der Waals surface area contributed by atoms with Gasteiger partial charge in [-0.05, 0) is 25.8 Å². The van der Waals surface area contributed by atoms with Gasteiger partial charge in [0, 0.05) is 31.4 Å². The lowest BCUT2D eigenvalue weighted by molar-refractivity contribution is 0.0772. The summed E-state index contributed by atoms with van der Waals surface area (Å²) in [6.07, 6.45) is 1.78. The van der Waals surface area contributed by atoms with Gasteiger partial charge in [-0.1, -0.05) is 13.8 Å². The van der Waals surface area contributed by atoms with Crippen LogP contribution in [0.15, 0.2) is 12.3 Å². The summed E-state index contributed by atoms with van der Waals surface area (Å²) < 4.78 is 7.08. The predicted octanol–water partition coefficient (Wildman–Crippen LogP) is 2.84. The minimum atomic E-state index is -0.0716. The molecule has 6 heteroatoms. The third-order valence-electron chi connectivity index (χ3n) is 4.19. The van der Waals surface area contributed by atoms with E-state index in [1.54, 1.807) is 37.0 Å². The summed E-state index contributed by atoms with van der Waals surface area (Å²) in [5.41, 5.74) is 4.28. The van der Waals surface area contributed by atoms with Crippen molar-refractivity contribution in [2.45, 2.75) is 40.2 Å². The highest BCUT2D eigenvalue weighted by Crippen LogP contribution is 2.25. The summed E-state index contributed by atoms with van der Waals surface area (Å²) in [5, 5.41) is 4.41. The zero-order chi connectivity index (χ0) is 18.0. The van der Waals surface area contributed by atoms with Gasteiger partial charge >= 0.3 is 0 Å². The molecule has 0 saturated carbocycles. The average molecular weight is 330 g/mol. The number of aryl methyl sites for hydroxylation is 2. The molecule has 0 fully saturated rings. The molecule has 0 aliphatic carbocycles. The van der Waals surface area contributed by atoms with E-state index in [-0.39, 0.29) is 11.8 Å². The maximum atomic E-state index is 12.7. The monoisotopic (exact) mass is 330 g/mol. The van der Waals surface area contributed by atoms with Crippen molar-refractivity contribution in [1.29, 1.82) is 0 Å². The molecule has 2 aromatic heterocycles. The molecule has 0 aliphatic rings. The summed E-state index contributed by atoms with van der Waals surface area (Å²) in [4.78, 5) is 18.9. The largest absolute Gasteiger partial charge is 0.496 e. The molecule has 2 heterocycles. The fraction of sp³-hybridized carbons (Fsp3) is 0.500. The molecule has 0 bridgehead atoms. The Labute approximate surface area is 143 Å². The number of aromatic nitrogens is 3. The topological polar surface area (TPSA) is 60.2 Å². The van der Waals surface area contributed by atoms with Gasteiger partial charge in [-0.25, -0.2) is 0 Å². The molecule has 0 saturated heterocycles. The van der Waals surface area contributed by atoms with Gasteiger partial charge in [-0.2, -0.15) is 5.10 Å². The van der Waals surface area contributed by atoms with Crippen molar-refractivity contribution in [1.82, 2.24) is 19.7 Å². The molecule has 24 heavy (non-hydrogen) atoms. The van der Waals surface area contributed by atoms with Crippen LogP contribution in [0.4, 0.5) is 0 Å². The molecule has 0 unspecified atom stereocenters. The first-order valence-electron chi connectivity index (χ1n) is 8.04. The van der Waals surface area contributed by atoms with E-state index in [0.29, 0.717) is 12.2 Å². The van der Waals surface area contributed by atoms with Gasteiger partial charge < -0.3 is 9.64 Å². The molecule has 0 radical (unpaired) electrons. The van der Waals surface area contributed by atoms with Crippen molar-refractivity contribution in [3.05, 3.63) is 40.5 Å². The smallest absolute Gasteiger partial charge is 0.272 e. The Kier molecular flexibility index (Phi) is 5.26. The normalized spacial score (nSPS) is 11.0. The van der Waals surface area contributed by atoms with Gasteiger partial charge in [-0.15, -0.1) is 0 Å². The second-order valence-corrected chi connectivity index (χ2v) is 6.44. The quantitative estimate of drug-likeness (QED) is 0.846. The third-order valence-corrected chi connectivity index (χ3v) is 4.19. The Morgan fingerprint density at radius 1 is 1.38 bits per heavy atom. The molecule has 2 rings (SSSR count). The lowest BCUT2D eigenvalue weighted by Crippen LogP contribution is -2.28. The van der Waals surface area contributed by atoms with E-state index in [1.165, 1.54) is 0 Å². The standard InChI is InChI=1S/C18H26N4O2/c1-11(2)14-8-16(22(6)20-14)18(23)21(5)10-15-13(4)17(24-7)12(3)9-19-15/h8-9,11H,10H2,1-7H3. The van der Waals surface area contributed by atoms with E-state index in [4.69, 9.17) is 4.74 Å². The predicted molar refractivity (Wildman–Crippen MR) is 93.4 cm³/mol. The van der Waals surface area contributed by atoms with Crippen molar-refractivity contribution in [3.63, 3.8) is 0 Å². The van der Waals surface area contributed by atoms with Crippen molar-refractivity contribution in [2.75, 3.05) is 14.2 Å². The Hall–Kier alpha value is -2.37. The second-order valence-electron chi connectivity index (χ2n) is 6.44. The summed E-state index contributed by atoms with van der Waals surface area (Å²) in [6.45, 7) is 8.47. The van der Waals surface area contributed by atoms with Gasteiger partial charge in [0.2, 0.25) is 0 Å². The van der Waals surface area contributed by atoms with E-state index in [2.05, 4.69) is 23.9 Å². The Balaban J connectivity index is 2.24. The maximum Gasteiger partial charge on any atom is 0.272 e. The SMILES string of the molecule is COc1c(C)cnc(CN(C)C(=O)c2cc(C(C)C)nn2C)c1C. The number of pyridine rings is 1. The zero-order valence-electron chi connectivity index (χ0n) is 15.5. The van der Waals surface area contributed by atoms with E-state index < -0.39 is 0 Å². The molecular weight excluding hydrogens is 304 g/mol. The number of carbonyl (C=O) groups is 1. The molecule has 0 aliphatic heterocycles. The van der Waals surface area contributed by atoms with Crippen LogP contribution < -0.4 is 4.74 Å². The van der Waals surface area contributed by atoms with Crippen LogP contribution in [-0.2, 0) is 13.6 Å². The number of rotatable bonds is 5. The highest BCUT2D eigenvalue weighted by atomic mass is 16.5. The van der Waals surface area contributed by atoms with E-state index in [9.17, 15) is 4.79 Å². The number of amides is 1. The van der Waals surface area contributed by atoms with Crippen LogP contribution in [0, 0.1) is 13.8 Å². The summed E-state index contributed by atoms with van der Waals surface area (Å²) >= 11 is 0. The number of nitrogens with zero attached hydrogens (tertiary/aromatic N) is 4. The van der Waals surface area contributed by atoms with Gasteiger partial charge in [0.1, 0.15) is 11.4 Å². The Bertz CT molecular complexity index is 750. The van der Waals surface area contributed by atoms with E-state index in [0.717, 1.165) is 28.3 Å². The van der Waals surface area contributed by atoms with E-state index in [1.807, 2.05) is 19.9 Å². The Morgan fingerprint density at radius 3 is 2.58 bits per heavy atom. The molecule has 6 nitrogen and oxygen atoms in total. The molecule has 1 amide bonds. The highest BCUT2D eigenvalue weighted by molar-refractivity contribution is 5.92. The molecule has 0 atom stereocenters. The lowest BCUT2D eigenvalue weighted by Gasteiger charge is -2.19. The first-order valence-corrected chi connectivity index (χ1v) is 8.04. The Morgan fingerprint density at radius 2 is 2.04 bits per heavy atom. The van der Waals surface area contributed by atoms with Gasteiger partial charge in [-0.3, -0.25) is 14.5 Å². The van der Waals surface area contributed by atoms with Gasteiger partial charge in [0.05, 0.1) is 25.0 Å². The first-order chi connectivity index (χ1) is 11.3. The maximum absolute atomic E-state index is 12.7. The minimum absolute atomic E-state index is 0.0716. The minimum Gasteiger partial charge on any atom is -0.496 e. The van der Waals surface area contributed by atoms with Crippen LogP contribution in [0.5, 0.6) is 5.75 Å². The second kappa shape index (κ2) is 7.03. The fourth-order valence-corrected chi connectivity index (χ4v) is 2.69. The van der Waals surface area contributed by atoms with Crippen molar-refractivity contribution < 1.29 is 9.53 Å². The molecule has 130 valence electrons. The van der Waals surface area contributed by atoms with Crippen molar-refractivity contribution >= 4 is 5.91 Å². The summed E-state index contributed by atoms with van der Waals surface area (Å²) in [7, 11) is 5.22. The van der Waals surface area contributed by atoms with Gasteiger partial charge in [0.15, 0.2) is 0 Å². The number of methoxy groups -OCH3 is 1. The molecular formula is C18H26N4O2. The zero-order valence-corrected chi connectivity index (χ0v) is 15.5. The van der Waals surface area contributed by atoms with Crippen LogP contribution in [0.1, 0.15) is 52.8 Å². The van der Waals surface area contributed by atoms with Crippen LogP contribution >= 0.6 is 0 Å². The third kappa shape index (κ3) is 3.42. The molecule has 2 aromatic rings. The summed E-state index contributed by atoms with van der Waals surface area (Å²) in [6, 6.07) is 1.86. The van der Waals surface area contributed by atoms with Gasteiger partial charge in [0.25, 0.3) is 5.91 Å². The lowest BCUT2D eigenvalue weighted by atomic mass is 10.1. The van der Waals surface area contributed by atoms with E-state index >= 15 is 0 Å². The van der Waals surface area contributed by atoms with Crippen LogP contribution in [0.2, 0.25) is 0 Å². The fourth-order valence-electron chi connectivity index (χ4n) is 2.69. The first kappa shape index (κ1) is 18.0. The van der Waals surface area contributed by atoms with Crippen molar-refractivity contribution in [2.24, 2.45) is 7.05 Å². The highest BCUT2D eigenvalue weighted by Gasteiger charge is 2.20. The van der Waals surface area contributed by atoms with Crippen LogP contribution in [0.25, 0.3) is 0 Å². The summed E-state index contributed by atoms with van der Waals surface area (Å²) in [5.74, 6) is 1.04. The molecule has 0 N–H and O–H groups in total. The molecule has 0 spiro atoms. The number of hydrogen-bond donors (Lipinski definition) is 0. The molecule has 0 aromatic carbocycles. The van der Waals surface area contributed by atoms with Crippen molar-refractivity contribution in [3.8, 4) is 5.75 Å². The number of hydrogen-bond acceptors (Lipinski definition) is 4. The van der Waals surface area contributed by atoms with Crippen LogP contribution in [-0.4, -0.2) is 39.7 Å². The van der Waals surface area contributed by atoms with Crippen LogP contribution in [0.3, 0.4) is 0 Å². The number of carbonyl (C=O) groups excluding carboxylic acids is 1. The number of ether oxygens (including phenoxy) is 1.